The van der Waals surface area contributed by atoms with Gasteiger partial charge in [-0.1, -0.05) is 25.1 Å². The number of carbonyl (C=O) groups excluding carboxylic acids is 1. The maximum Gasteiger partial charge on any atom is 0.192 e. The number of ketones is 1. The molecule has 0 amide bonds. The van der Waals surface area contributed by atoms with Crippen molar-refractivity contribution in [1.82, 2.24) is 9.88 Å². The van der Waals surface area contributed by atoms with E-state index in [-0.39, 0.29) is 11.6 Å². The molecule has 1 aromatic carbocycles. The van der Waals surface area contributed by atoms with Crippen LogP contribution in [0.2, 0.25) is 0 Å². The number of Topliss-reactive ketones (excluding diaryl/α,β-unsaturated/α-hetero) is 1. The predicted octanol–water partition coefficient (Wildman–Crippen LogP) is 2.66. The molecule has 0 fully saturated rings. The number of aryl methyl sites for hydroxylation is 2. The van der Waals surface area contributed by atoms with Crippen molar-refractivity contribution in [3.8, 4) is 0 Å². The molecular formula is C16H19FN2O. The van der Waals surface area contributed by atoms with Crippen molar-refractivity contribution < 1.29 is 9.18 Å². The number of likely N-dealkylation sites (N-methyl/N-ethyl adjacent to an activating group) is 1. The minimum absolute atomic E-state index is 0.0605. The summed E-state index contributed by atoms with van der Waals surface area (Å²) >= 11 is 0. The van der Waals surface area contributed by atoms with Gasteiger partial charge in [0.15, 0.2) is 5.78 Å². The highest BCUT2D eigenvalue weighted by molar-refractivity contribution is 5.96. The van der Waals surface area contributed by atoms with Crippen LogP contribution in [-0.2, 0) is 13.0 Å². The summed E-state index contributed by atoms with van der Waals surface area (Å²) in [6, 6.07) is 10.4. The van der Waals surface area contributed by atoms with Crippen LogP contribution in [0.4, 0.5) is 4.39 Å². The molecule has 0 spiro atoms. The zero-order chi connectivity index (χ0) is 14.4. The number of nitrogens with one attached hydrogen (secondary N) is 1. The molecule has 1 heterocycles. The van der Waals surface area contributed by atoms with Gasteiger partial charge in [-0.25, -0.2) is 4.39 Å². The molecule has 106 valence electrons. The SMILES string of the molecule is CCNCC(=O)c1cccn1CCc1ccccc1F. The number of rotatable bonds is 7. The number of carbonyl (C=O) groups is 1. The summed E-state index contributed by atoms with van der Waals surface area (Å²) in [7, 11) is 0. The Kier molecular flexibility index (Phi) is 5.07. The van der Waals surface area contributed by atoms with Gasteiger partial charge in [0, 0.05) is 12.7 Å². The quantitative estimate of drug-likeness (QED) is 0.788. The zero-order valence-electron chi connectivity index (χ0n) is 11.6. The Morgan fingerprint density at radius 3 is 2.80 bits per heavy atom. The third kappa shape index (κ3) is 3.54. The molecular weight excluding hydrogens is 255 g/mol. The molecule has 2 aromatic rings. The topological polar surface area (TPSA) is 34.0 Å². The van der Waals surface area contributed by atoms with Gasteiger partial charge in [-0.3, -0.25) is 4.79 Å². The molecule has 2 rings (SSSR count). The van der Waals surface area contributed by atoms with Gasteiger partial charge in [0.2, 0.25) is 0 Å². The molecule has 1 aromatic heterocycles. The molecule has 0 unspecified atom stereocenters. The molecule has 0 saturated carbocycles. The summed E-state index contributed by atoms with van der Waals surface area (Å²) in [5, 5.41) is 3.02. The van der Waals surface area contributed by atoms with Crippen molar-refractivity contribution in [2.24, 2.45) is 0 Å². The van der Waals surface area contributed by atoms with Gasteiger partial charge in [-0.05, 0) is 36.7 Å². The number of nitrogens with zero attached hydrogens (tertiary/aromatic N) is 1. The molecule has 0 aliphatic rings. The highest BCUT2D eigenvalue weighted by Gasteiger charge is 2.10. The first-order valence-corrected chi connectivity index (χ1v) is 6.85. The lowest BCUT2D eigenvalue weighted by atomic mass is 10.1. The maximum atomic E-state index is 13.6. The van der Waals surface area contributed by atoms with Crippen LogP contribution in [0, 0.1) is 5.82 Å². The fourth-order valence-corrected chi connectivity index (χ4v) is 2.13. The molecule has 0 saturated heterocycles. The number of hydrogen-bond donors (Lipinski definition) is 1. The average Bonchev–Trinajstić information content (AvgIpc) is 2.92. The minimum Gasteiger partial charge on any atom is -0.345 e. The van der Waals surface area contributed by atoms with Crippen LogP contribution in [0.5, 0.6) is 0 Å². The predicted molar refractivity (Wildman–Crippen MR) is 77.4 cm³/mol. The van der Waals surface area contributed by atoms with E-state index in [1.54, 1.807) is 18.2 Å². The Balaban J connectivity index is 2.02. The molecule has 0 atom stereocenters. The van der Waals surface area contributed by atoms with E-state index in [1.165, 1.54) is 6.07 Å². The summed E-state index contributed by atoms with van der Waals surface area (Å²) in [6.45, 7) is 3.66. The molecule has 0 aliphatic carbocycles. The second-order valence-corrected chi connectivity index (χ2v) is 4.63. The van der Waals surface area contributed by atoms with Gasteiger partial charge in [0.05, 0.1) is 12.2 Å². The number of aromatic nitrogens is 1. The van der Waals surface area contributed by atoms with Crippen molar-refractivity contribution in [2.75, 3.05) is 13.1 Å². The summed E-state index contributed by atoms with van der Waals surface area (Å²) in [4.78, 5) is 12.0. The number of benzene rings is 1. The molecule has 0 radical (unpaired) electrons. The Morgan fingerprint density at radius 1 is 1.25 bits per heavy atom. The first-order chi connectivity index (χ1) is 9.72. The van der Waals surface area contributed by atoms with E-state index in [0.717, 1.165) is 6.54 Å². The highest BCUT2D eigenvalue weighted by Crippen LogP contribution is 2.10. The van der Waals surface area contributed by atoms with Crippen LogP contribution in [0.25, 0.3) is 0 Å². The fraction of sp³-hybridized carbons (Fsp3) is 0.312. The third-order valence-corrected chi connectivity index (χ3v) is 3.23. The van der Waals surface area contributed by atoms with Gasteiger partial charge in [0.25, 0.3) is 0 Å². The van der Waals surface area contributed by atoms with Crippen LogP contribution >= 0.6 is 0 Å². The number of halogens is 1. The molecule has 4 heteroatoms. The number of hydrogen-bond acceptors (Lipinski definition) is 2. The second-order valence-electron chi connectivity index (χ2n) is 4.63. The molecule has 3 nitrogen and oxygen atoms in total. The first-order valence-electron chi connectivity index (χ1n) is 6.85. The van der Waals surface area contributed by atoms with Crippen molar-refractivity contribution in [3.63, 3.8) is 0 Å². The molecule has 1 N–H and O–H groups in total. The molecule has 20 heavy (non-hydrogen) atoms. The van der Waals surface area contributed by atoms with Gasteiger partial charge in [-0.15, -0.1) is 0 Å². The maximum absolute atomic E-state index is 13.6. The van der Waals surface area contributed by atoms with E-state index in [9.17, 15) is 9.18 Å². The largest absolute Gasteiger partial charge is 0.345 e. The van der Waals surface area contributed by atoms with Gasteiger partial charge >= 0.3 is 0 Å². The minimum atomic E-state index is -0.194. The standard InChI is InChI=1S/C16H19FN2O/c1-2-18-12-16(20)15-8-5-10-19(15)11-9-13-6-3-4-7-14(13)17/h3-8,10,18H,2,9,11-12H2,1H3. The Bertz CT molecular complexity index is 577. The van der Waals surface area contributed by atoms with E-state index in [1.807, 2.05) is 29.8 Å². The highest BCUT2D eigenvalue weighted by atomic mass is 19.1. The second kappa shape index (κ2) is 7.01. The zero-order valence-corrected chi connectivity index (χ0v) is 11.6. The summed E-state index contributed by atoms with van der Waals surface area (Å²) in [5.41, 5.74) is 1.34. The van der Waals surface area contributed by atoms with E-state index in [2.05, 4.69) is 5.32 Å². The van der Waals surface area contributed by atoms with E-state index in [4.69, 9.17) is 0 Å². The summed E-state index contributed by atoms with van der Waals surface area (Å²) in [6.07, 6.45) is 2.43. The van der Waals surface area contributed by atoms with Gasteiger partial charge in [-0.2, -0.15) is 0 Å². The van der Waals surface area contributed by atoms with Crippen molar-refractivity contribution in [1.29, 1.82) is 0 Å². The van der Waals surface area contributed by atoms with Crippen molar-refractivity contribution >= 4 is 5.78 Å². The lowest BCUT2D eigenvalue weighted by molar-refractivity contribution is 0.0983. The lowest BCUT2D eigenvalue weighted by Gasteiger charge is -2.09. The Labute approximate surface area is 118 Å². The van der Waals surface area contributed by atoms with Crippen LogP contribution < -0.4 is 5.32 Å². The van der Waals surface area contributed by atoms with Crippen molar-refractivity contribution in [2.45, 2.75) is 19.9 Å². The van der Waals surface area contributed by atoms with Crippen LogP contribution in [0.15, 0.2) is 42.6 Å². The van der Waals surface area contributed by atoms with E-state index < -0.39 is 0 Å². The summed E-state index contributed by atoms with van der Waals surface area (Å²) in [5.74, 6) is -0.134. The lowest BCUT2D eigenvalue weighted by Crippen LogP contribution is -2.24. The average molecular weight is 274 g/mol. The van der Waals surface area contributed by atoms with Gasteiger partial charge < -0.3 is 9.88 Å². The van der Waals surface area contributed by atoms with Crippen LogP contribution in [0.3, 0.4) is 0 Å². The normalized spacial score (nSPS) is 10.7. The van der Waals surface area contributed by atoms with Gasteiger partial charge in [0.1, 0.15) is 5.82 Å². The Morgan fingerprint density at radius 2 is 2.05 bits per heavy atom. The summed E-state index contributed by atoms with van der Waals surface area (Å²) < 4.78 is 15.4. The van der Waals surface area contributed by atoms with E-state index >= 15 is 0 Å². The van der Waals surface area contributed by atoms with Crippen LogP contribution in [0.1, 0.15) is 23.0 Å². The molecule has 0 bridgehead atoms. The first kappa shape index (κ1) is 14.5. The van der Waals surface area contributed by atoms with Crippen molar-refractivity contribution in [3.05, 3.63) is 59.7 Å². The Hall–Kier alpha value is -1.94. The third-order valence-electron chi connectivity index (χ3n) is 3.23. The van der Waals surface area contributed by atoms with Crippen LogP contribution in [-0.4, -0.2) is 23.4 Å². The smallest absolute Gasteiger partial charge is 0.192 e. The van der Waals surface area contributed by atoms with E-state index in [0.29, 0.717) is 30.8 Å². The molecule has 0 aliphatic heterocycles. The monoisotopic (exact) mass is 274 g/mol. The fourth-order valence-electron chi connectivity index (χ4n) is 2.13.